The molecule has 0 amide bonds. The summed E-state index contributed by atoms with van der Waals surface area (Å²) in [6.07, 6.45) is 8.70. The third kappa shape index (κ3) is 3.02. The molecule has 0 N–H and O–H groups in total. The molecule has 1 saturated heterocycles. The van der Waals surface area contributed by atoms with Crippen LogP contribution >= 0.6 is 0 Å². The van der Waals surface area contributed by atoms with Crippen LogP contribution in [0.2, 0.25) is 0 Å². The van der Waals surface area contributed by atoms with E-state index >= 15 is 0 Å². The van der Waals surface area contributed by atoms with Gasteiger partial charge in [0.15, 0.2) is 0 Å². The Kier molecular flexibility index (Phi) is 4.53. The molecule has 0 aromatic carbocycles. The number of nitriles is 2. The molecule has 3 nitrogen and oxygen atoms in total. The predicted octanol–water partition coefficient (Wildman–Crippen LogP) is 5.39. The molecule has 3 heteroatoms. The first kappa shape index (κ1) is 18.5. The van der Waals surface area contributed by atoms with E-state index in [2.05, 4.69) is 39.0 Å². The van der Waals surface area contributed by atoms with Gasteiger partial charge < -0.3 is 4.74 Å². The standard InChI is InChI=1S/C22H32N2O/c1-15-6-7-17-16(12-15)18(8-10-21(17,4)14-24)22(5)11-9-19(25-22)20(2,3)13-23/h12,16-19H,6-11H2,1-5H3/t16-,17-,18-,19+,21-,22-/m1/s1. The van der Waals surface area contributed by atoms with Crippen LogP contribution < -0.4 is 0 Å². The van der Waals surface area contributed by atoms with Crippen molar-refractivity contribution in [2.75, 3.05) is 0 Å². The summed E-state index contributed by atoms with van der Waals surface area (Å²) in [4.78, 5) is 0. The minimum atomic E-state index is -0.439. The van der Waals surface area contributed by atoms with E-state index < -0.39 is 5.41 Å². The van der Waals surface area contributed by atoms with Gasteiger partial charge in [0, 0.05) is 0 Å². The molecule has 25 heavy (non-hydrogen) atoms. The van der Waals surface area contributed by atoms with Crippen LogP contribution in [0.15, 0.2) is 11.6 Å². The Labute approximate surface area is 153 Å². The maximum absolute atomic E-state index is 9.81. The Morgan fingerprint density at radius 2 is 1.84 bits per heavy atom. The molecule has 1 saturated carbocycles. The third-order valence-corrected chi connectivity index (χ3v) is 7.50. The van der Waals surface area contributed by atoms with Crippen molar-refractivity contribution < 1.29 is 4.74 Å². The van der Waals surface area contributed by atoms with Gasteiger partial charge in [0.2, 0.25) is 0 Å². The molecule has 1 aliphatic heterocycles. The zero-order valence-electron chi connectivity index (χ0n) is 16.4. The van der Waals surface area contributed by atoms with Crippen LogP contribution in [-0.4, -0.2) is 11.7 Å². The van der Waals surface area contributed by atoms with Crippen LogP contribution in [0.4, 0.5) is 0 Å². The van der Waals surface area contributed by atoms with Gasteiger partial charge in [-0.05, 0) is 90.9 Å². The van der Waals surface area contributed by atoms with E-state index in [1.54, 1.807) is 0 Å². The van der Waals surface area contributed by atoms with Crippen molar-refractivity contribution in [3.05, 3.63) is 11.6 Å². The lowest BCUT2D eigenvalue weighted by Crippen LogP contribution is -2.50. The summed E-state index contributed by atoms with van der Waals surface area (Å²) >= 11 is 0. The number of hydrogen-bond acceptors (Lipinski definition) is 3. The number of hydrogen-bond donors (Lipinski definition) is 0. The van der Waals surface area contributed by atoms with Crippen LogP contribution in [0.3, 0.4) is 0 Å². The van der Waals surface area contributed by atoms with E-state index in [4.69, 9.17) is 4.74 Å². The van der Waals surface area contributed by atoms with Crippen LogP contribution in [0, 0.1) is 51.2 Å². The van der Waals surface area contributed by atoms with E-state index in [0.29, 0.717) is 17.8 Å². The number of ether oxygens (including phenoxy) is 1. The Morgan fingerprint density at radius 3 is 2.48 bits per heavy atom. The smallest absolute Gasteiger partial charge is 0.0779 e. The van der Waals surface area contributed by atoms with Crippen molar-refractivity contribution in [2.45, 2.75) is 84.8 Å². The summed E-state index contributed by atoms with van der Waals surface area (Å²) in [5, 5.41) is 19.3. The monoisotopic (exact) mass is 340 g/mol. The number of fused-ring (bicyclic) bond motifs is 1. The zero-order valence-corrected chi connectivity index (χ0v) is 16.4. The van der Waals surface area contributed by atoms with E-state index in [1.807, 2.05) is 13.8 Å². The molecule has 3 aliphatic rings. The fourth-order valence-electron chi connectivity index (χ4n) is 5.64. The molecule has 0 unspecified atom stereocenters. The van der Waals surface area contributed by atoms with Crippen molar-refractivity contribution in [3.8, 4) is 12.1 Å². The summed E-state index contributed by atoms with van der Waals surface area (Å²) in [6, 6.07) is 5.08. The normalized spacial score (nSPS) is 44.4. The minimum Gasteiger partial charge on any atom is -0.370 e. The van der Waals surface area contributed by atoms with Gasteiger partial charge in [-0.1, -0.05) is 11.6 Å². The van der Waals surface area contributed by atoms with Crippen molar-refractivity contribution in [1.82, 2.24) is 0 Å². The van der Waals surface area contributed by atoms with Crippen molar-refractivity contribution >= 4 is 0 Å². The molecule has 0 aromatic rings. The van der Waals surface area contributed by atoms with E-state index in [1.165, 1.54) is 5.57 Å². The predicted molar refractivity (Wildman–Crippen MR) is 98.3 cm³/mol. The molecule has 0 radical (unpaired) electrons. The molecule has 6 atom stereocenters. The molecule has 1 heterocycles. The van der Waals surface area contributed by atoms with Gasteiger partial charge in [-0.15, -0.1) is 0 Å². The highest BCUT2D eigenvalue weighted by Crippen LogP contribution is 2.57. The first-order valence-electron chi connectivity index (χ1n) is 9.83. The van der Waals surface area contributed by atoms with Gasteiger partial charge in [-0.2, -0.15) is 10.5 Å². The van der Waals surface area contributed by atoms with Crippen LogP contribution in [-0.2, 0) is 4.74 Å². The topological polar surface area (TPSA) is 56.8 Å². The second-order valence-corrected chi connectivity index (χ2v) is 9.70. The Bertz CT molecular complexity index is 652. The number of rotatable bonds is 2. The lowest BCUT2D eigenvalue weighted by Gasteiger charge is -2.52. The molecule has 0 spiro atoms. The van der Waals surface area contributed by atoms with Crippen molar-refractivity contribution in [3.63, 3.8) is 0 Å². The molecule has 136 valence electrons. The second kappa shape index (κ2) is 6.14. The molecular weight excluding hydrogens is 308 g/mol. The summed E-state index contributed by atoms with van der Waals surface area (Å²) in [5.41, 5.74) is 0.639. The van der Waals surface area contributed by atoms with Gasteiger partial charge >= 0.3 is 0 Å². The fraction of sp³-hybridized carbons (Fsp3) is 0.818. The maximum Gasteiger partial charge on any atom is 0.0779 e. The highest BCUT2D eigenvalue weighted by Gasteiger charge is 2.55. The lowest BCUT2D eigenvalue weighted by atomic mass is 9.53. The quantitative estimate of drug-likeness (QED) is 0.634. The molecule has 0 bridgehead atoms. The van der Waals surface area contributed by atoms with Crippen LogP contribution in [0.25, 0.3) is 0 Å². The molecule has 3 rings (SSSR count). The maximum atomic E-state index is 9.81. The van der Waals surface area contributed by atoms with Gasteiger partial charge in [0.1, 0.15) is 0 Å². The number of nitrogens with zero attached hydrogens (tertiary/aromatic N) is 2. The van der Waals surface area contributed by atoms with Crippen LogP contribution in [0.1, 0.15) is 73.1 Å². The average Bonchev–Trinajstić information content (AvgIpc) is 2.99. The van der Waals surface area contributed by atoms with Crippen molar-refractivity contribution in [1.29, 1.82) is 10.5 Å². The summed E-state index contributed by atoms with van der Waals surface area (Å²) < 4.78 is 6.60. The fourth-order valence-corrected chi connectivity index (χ4v) is 5.64. The third-order valence-electron chi connectivity index (χ3n) is 7.50. The van der Waals surface area contributed by atoms with E-state index in [-0.39, 0.29) is 17.1 Å². The zero-order chi connectivity index (χ0) is 18.5. The molecule has 0 aromatic heterocycles. The van der Waals surface area contributed by atoms with E-state index in [0.717, 1.165) is 38.5 Å². The Balaban J connectivity index is 1.89. The Morgan fingerprint density at radius 1 is 1.12 bits per heavy atom. The first-order valence-corrected chi connectivity index (χ1v) is 9.83. The van der Waals surface area contributed by atoms with Gasteiger partial charge in [-0.25, -0.2) is 0 Å². The molecule has 2 aliphatic carbocycles. The molecular formula is C22H32N2O. The summed E-state index contributed by atoms with van der Waals surface area (Å²) in [6.45, 7) is 10.6. The van der Waals surface area contributed by atoms with Crippen LogP contribution in [0.5, 0.6) is 0 Å². The molecule has 2 fully saturated rings. The SMILES string of the molecule is CC1=C[C@@H]2[C@@H](CC1)[C@@](C)(C#N)CC[C@H]2[C@@]1(C)CC[C@@H](C(C)(C)C#N)O1. The summed E-state index contributed by atoms with van der Waals surface area (Å²) in [5.74, 6) is 1.32. The minimum absolute atomic E-state index is 0.0129. The largest absolute Gasteiger partial charge is 0.370 e. The van der Waals surface area contributed by atoms with E-state index in [9.17, 15) is 10.5 Å². The van der Waals surface area contributed by atoms with Gasteiger partial charge in [-0.3, -0.25) is 0 Å². The first-order chi connectivity index (χ1) is 11.6. The number of allylic oxidation sites excluding steroid dienone is 2. The Hall–Kier alpha value is -1.32. The average molecular weight is 341 g/mol. The highest BCUT2D eigenvalue weighted by molar-refractivity contribution is 5.19. The highest BCUT2D eigenvalue weighted by atomic mass is 16.5. The van der Waals surface area contributed by atoms with Crippen molar-refractivity contribution in [2.24, 2.45) is 28.6 Å². The second-order valence-electron chi connectivity index (χ2n) is 9.70. The van der Waals surface area contributed by atoms with Gasteiger partial charge in [0.05, 0.1) is 34.7 Å². The van der Waals surface area contributed by atoms with Gasteiger partial charge in [0.25, 0.3) is 0 Å². The summed E-state index contributed by atoms with van der Waals surface area (Å²) in [7, 11) is 0. The lowest BCUT2D eigenvalue weighted by molar-refractivity contribution is -0.126.